The van der Waals surface area contributed by atoms with Gasteiger partial charge in [-0.05, 0) is 44.5 Å². The summed E-state index contributed by atoms with van der Waals surface area (Å²) in [6.45, 7) is 4.65. The number of para-hydroxylation sites is 2. The lowest BCUT2D eigenvalue weighted by Gasteiger charge is -2.38. The summed E-state index contributed by atoms with van der Waals surface area (Å²) in [5.41, 5.74) is 7.43. The van der Waals surface area contributed by atoms with Crippen molar-refractivity contribution < 1.29 is 9.59 Å². The van der Waals surface area contributed by atoms with Crippen LogP contribution in [0, 0.1) is 5.92 Å². The van der Waals surface area contributed by atoms with Gasteiger partial charge in [-0.2, -0.15) is 0 Å². The average molecular weight is 384 g/mol. The Morgan fingerprint density at radius 3 is 2.86 bits per heavy atom. The fourth-order valence-electron chi connectivity index (χ4n) is 4.08. The van der Waals surface area contributed by atoms with Crippen LogP contribution in [0.3, 0.4) is 0 Å². The molecule has 0 aliphatic carbocycles. The van der Waals surface area contributed by atoms with Crippen molar-refractivity contribution in [2.75, 3.05) is 39.3 Å². The molecule has 0 bridgehead atoms. The number of nitrogens with one attached hydrogen (secondary N) is 2. The van der Waals surface area contributed by atoms with Gasteiger partial charge in [-0.3, -0.25) is 4.79 Å². The maximum atomic E-state index is 12.3. The van der Waals surface area contributed by atoms with Crippen molar-refractivity contribution in [3.63, 3.8) is 0 Å². The maximum absolute atomic E-state index is 12.3. The van der Waals surface area contributed by atoms with Crippen molar-refractivity contribution in [1.82, 2.24) is 25.1 Å². The highest BCUT2D eigenvalue weighted by molar-refractivity contribution is 5.77. The molecule has 150 valence electrons. The molecule has 0 spiro atoms. The molecule has 3 amide bonds. The summed E-state index contributed by atoms with van der Waals surface area (Å²) in [7, 11) is 0. The van der Waals surface area contributed by atoms with Gasteiger partial charge in [-0.1, -0.05) is 12.1 Å². The van der Waals surface area contributed by atoms with E-state index in [9.17, 15) is 9.59 Å². The van der Waals surface area contributed by atoms with E-state index in [4.69, 9.17) is 5.73 Å². The lowest BCUT2D eigenvalue weighted by molar-refractivity contribution is -0.123. The van der Waals surface area contributed by atoms with E-state index in [1.54, 1.807) is 0 Å². The first-order valence-corrected chi connectivity index (χ1v) is 10.1. The van der Waals surface area contributed by atoms with E-state index < -0.39 is 0 Å². The number of rotatable bonds is 6. The van der Waals surface area contributed by atoms with E-state index in [0.29, 0.717) is 19.6 Å². The van der Waals surface area contributed by atoms with Crippen LogP contribution in [0.25, 0.3) is 11.0 Å². The Balaban J connectivity index is 1.15. The number of imidazole rings is 1. The second-order valence-corrected chi connectivity index (χ2v) is 7.87. The van der Waals surface area contributed by atoms with Crippen molar-refractivity contribution in [2.24, 2.45) is 11.7 Å². The number of aromatic nitrogens is 2. The van der Waals surface area contributed by atoms with Crippen LogP contribution in [-0.4, -0.2) is 71.0 Å². The van der Waals surface area contributed by atoms with Gasteiger partial charge in [0.15, 0.2) is 0 Å². The minimum absolute atomic E-state index is 0.0129. The summed E-state index contributed by atoms with van der Waals surface area (Å²) < 4.78 is 0. The number of primary amides is 1. The SMILES string of the molecule is NC(=O)C1CCCN(CCCNC(=O)N2CC(c3nc4ccccc4[nH]3)C2)C1. The van der Waals surface area contributed by atoms with Crippen LogP contribution in [0.1, 0.15) is 31.0 Å². The Morgan fingerprint density at radius 1 is 1.25 bits per heavy atom. The Kier molecular flexibility index (Phi) is 5.47. The normalized spacial score (nSPS) is 20.9. The number of hydrogen-bond acceptors (Lipinski definition) is 4. The first-order chi connectivity index (χ1) is 13.6. The van der Waals surface area contributed by atoms with Gasteiger partial charge < -0.3 is 25.8 Å². The van der Waals surface area contributed by atoms with Crippen molar-refractivity contribution in [3.8, 4) is 0 Å². The van der Waals surface area contributed by atoms with Crippen molar-refractivity contribution in [3.05, 3.63) is 30.1 Å². The molecule has 1 aromatic carbocycles. The number of aromatic amines is 1. The van der Waals surface area contributed by atoms with Crippen LogP contribution in [0.4, 0.5) is 4.79 Å². The largest absolute Gasteiger partial charge is 0.369 e. The molecule has 2 aromatic rings. The van der Waals surface area contributed by atoms with Crippen molar-refractivity contribution in [1.29, 1.82) is 0 Å². The number of amides is 3. The van der Waals surface area contributed by atoms with Crippen LogP contribution < -0.4 is 11.1 Å². The highest BCUT2D eigenvalue weighted by Crippen LogP contribution is 2.26. The van der Waals surface area contributed by atoms with Gasteiger partial charge in [0.1, 0.15) is 5.82 Å². The van der Waals surface area contributed by atoms with Gasteiger partial charge in [0.25, 0.3) is 0 Å². The summed E-state index contributed by atoms with van der Waals surface area (Å²) >= 11 is 0. The molecule has 2 saturated heterocycles. The highest BCUT2D eigenvalue weighted by atomic mass is 16.2. The van der Waals surface area contributed by atoms with Gasteiger partial charge in [0.05, 0.1) is 22.9 Å². The highest BCUT2D eigenvalue weighted by Gasteiger charge is 2.33. The Labute approximate surface area is 164 Å². The molecule has 1 unspecified atom stereocenters. The summed E-state index contributed by atoms with van der Waals surface area (Å²) in [5, 5.41) is 2.99. The van der Waals surface area contributed by atoms with E-state index in [2.05, 4.69) is 20.2 Å². The number of H-pyrrole nitrogens is 1. The number of likely N-dealkylation sites (tertiary alicyclic amines) is 2. The van der Waals surface area contributed by atoms with Gasteiger partial charge in [0, 0.05) is 26.2 Å². The number of benzene rings is 1. The number of carbonyl (C=O) groups excluding carboxylic acids is 2. The molecule has 2 aliphatic heterocycles. The second kappa shape index (κ2) is 8.18. The van der Waals surface area contributed by atoms with Gasteiger partial charge in [0.2, 0.25) is 5.91 Å². The van der Waals surface area contributed by atoms with Gasteiger partial charge >= 0.3 is 6.03 Å². The number of piperidine rings is 1. The number of fused-ring (bicyclic) bond motifs is 1. The molecule has 4 rings (SSSR count). The monoisotopic (exact) mass is 384 g/mol. The number of hydrogen-bond donors (Lipinski definition) is 3. The van der Waals surface area contributed by atoms with Gasteiger partial charge in [-0.15, -0.1) is 0 Å². The fraction of sp³-hybridized carbons (Fsp3) is 0.550. The van der Waals surface area contributed by atoms with E-state index in [1.165, 1.54) is 0 Å². The summed E-state index contributed by atoms with van der Waals surface area (Å²) in [6.07, 6.45) is 2.78. The Hall–Kier alpha value is -2.61. The number of urea groups is 1. The fourth-order valence-corrected chi connectivity index (χ4v) is 4.08. The second-order valence-electron chi connectivity index (χ2n) is 7.87. The van der Waals surface area contributed by atoms with E-state index in [1.807, 2.05) is 29.2 Å². The minimum atomic E-state index is -0.199. The standard InChI is InChI=1S/C20H28N6O2/c21-18(27)14-5-3-9-25(11-14)10-4-8-22-20(28)26-12-15(13-26)19-23-16-6-1-2-7-17(16)24-19/h1-2,6-7,14-15H,3-5,8-13H2,(H2,21,27)(H,22,28)(H,23,24). The molecule has 8 heteroatoms. The lowest BCUT2D eigenvalue weighted by Crippen LogP contribution is -2.53. The molecular formula is C20H28N6O2. The molecule has 8 nitrogen and oxygen atoms in total. The topological polar surface area (TPSA) is 107 Å². The molecule has 1 atom stereocenters. The quantitative estimate of drug-likeness (QED) is 0.652. The predicted molar refractivity (Wildman–Crippen MR) is 107 cm³/mol. The number of nitrogens with two attached hydrogens (primary N) is 1. The molecule has 0 saturated carbocycles. The molecule has 2 aliphatic rings. The molecule has 4 N–H and O–H groups in total. The van der Waals surface area contributed by atoms with E-state index in [-0.39, 0.29) is 23.8 Å². The molecular weight excluding hydrogens is 356 g/mol. The first kappa shape index (κ1) is 18.7. The van der Waals surface area contributed by atoms with Gasteiger partial charge in [-0.25, -0.2) is 9.78 Å². The zero-order chi connectivity index (χ0) is 19.5. The number of carbonyl (C=O) groups is 2. The molecule has 3 heterocycles. The van der Waals surface area contributed by atoms with E-state index in [0.717, 1.165) is 55.8 Å². The van der Waals surface area contributed by atoms with E-state index >= 15 is 0 Å². The summed E-state index contributed by atoms with van der Waals surface area (Å²) in [5.74, 6) is 1.01. The van der Waals surface area contributed by atoms with Crippen LogP contribution in [-0.2, 0) is 4.79 Å². The third kappa shape index (κ3) is 4.11. The van der Waals surface area contributed by atoms with Crippen LogP contribution >= 0.6 is 0 Å². The van der Waals surface area contributed by atoms with Crippen LogP contribution in [0.15, 0.2) is 24.3 Å². The molecule has 0 radical (unpaired) electrons. The third-order valence-electron chi connectivity index (χ3n) is 5.80. The molecule has 28 heavy (non-hydrogen) atoms. The third-order valence-corrected chi connectivity index (χ3v) is 5.80. The molecule has 1 aromatic heterocycles. The summed E-state index contributed by atoms with van der Waals surface area (Å²) in [6, 6.07) is 7.96. The summed E-state index contributed by atoms with van der Waals surface area (Å²) in [4.78, 5) is 35.7. The zero-order valence-corrected chi connectivity index (χ0v) is 16.1. The van der Waals surface area contributed by atoms with Crippen molar-refractivity contribution in [2.45, 2.75) is 25.2 Å². The smallest absolute Gasteiger partial charge is 0.317 e. The minimum Gasteiger partial charge on any atom is -0.369 e. The maximum Gasteiger partial charge on any atom is 0.317 e. The first-order valence-electron chi connectivity index (χ1n) is 10.1. The Bertz CT molecular complexity index is 811. The lowest BCUT2D eigenvalue weighted by atomic mass is 9.97. The average Bonchev–Trinajstić information content (AvgIpc) is 3.07. The Morgan fingerprint density at radius 2 is 2.07 bits per heavy atom. The zero-order valence-electron chi connectivity index (χ0n) is 16.1. The van der Waals surface area contributed by atoms with Crippen LogP contribution in [0.2, 0.25) is 0 Å². The predicted octanol–water partition coefficient (Wildman–Crippen LogP) is 1.26. The van der Waals surface area contributed by atoms with Crippen LogP contribution in [0.5, 0.6) is 0 Å². The molecule has 2 fully saturated rings. The van der Waals surface area contributed by atoms with Crippen molar-refractivity contribution >= 4 is 23.0 Å². The number of nitrogens with zero attached hydrogens (tertiary/aromatic N) is 3.